The van der Waals surface area contributed by atoms with Crippen LogP contribution in [0.3, 0.4) is 0 Å². The molecular formula is C33H33NSe2. The van der Waals surface area contributed by atoms with Crippen molar-refractivity contribution in [2.24, 2.45) is 5.41 Å². The number of rotatable bonds is 2. The number of hydrogen-bond donors (Lipinski definition) is 0. The van der Waals surface area contributed by atoms with Crippen LogP contribution in [-0.2, 0) is 11.8 Å². The van der Waals surface area contributed by atoms with Gasteiger partial charge in [0.1, 0.15) is 0 Å². The summed E-state index contributed by atoms with van der Waals surface area (Å²) in [6.45, 7) is 16.4. The zero-order valence-electron chi connectivity index (χ0n) is 22.2. The van der Waals surface area contributed by atoms with Gasteiger partial charge in [-0.05, 0) is 0 Å². The van der Waals surface area contributed by atoms with Crippen molar-refractivity contribution >= 4 is 68.7 Å². The van der Waals surface area contributed by atoms with Crippen molar-refractivity contribution in [1.82, 2.24) is 4.98 Å². The summed E-state index contributed by atoms with van der Waals surface area (Å²) in [6.07, 6.45) is 3.18. The molecule has 0 fully saturated rings. The van der Waals surface area contributed by atoms with Gasteiger partial charge in [-0.3, -0.25) is 0 Å². The zero-order chi connectivity index (χ0) is 25.4. The fraction of sp³-hybridized carbons (Fsp3) is 0.303. The Labute approximate surface area is 226 Å². The van der Waals surface area contributed by atoms with E-state index in [0.29, 0.717) is 19.9 Å². The Balaban J connectivity index is 1.63. The van der Waals surface area contributed by atoms with E-state index in [2.05, 4.69) is 103 Å². The van der Waals surface area contributed by atoms with Crippen LogP contribution in [0.5, 0.6) is 0 Å². The molecule has 0 N–H and O–H groups in total. The molecule has 3 heteroatoms. The third-order valence-electron chi connectivity index (χ3n) is 7.17. The van der Waals surface area contributed by atoms with Crippen LogP contribution in [-0.4, -0.2) is 34.0 Å². The van der Waals surface area contributed by atoms with E-state index in [9.17, 15) is 0 Å². The maximum absolute atomic E-state index is 5.02. The second-order valence-corrected chi connectivity index (χ2v) is 17.0. The van der Waals surface area contributed by atoms with Crippen molar-refractivity contribution in [2.75, 3.05) is 0 Å². The average Bonchev–Trinajstić information content (AvgIpc) is 3.34. The van der Waals surface area contributed by atoms with Gasteiger partial charge in [0.25, 0.3) is 0 Å². The van der Waals surface area contributed by atoms with Gasteiger partial charge in [0.15, 0.2) is 0 Å². The van der Waals surface area contributed by atoms with E-state index < -0.39 is 0 Å². The molecule has 0 unspecified atom stereocenters. The molecule has 3 aromatic heterocycles. The molecule has 0 aliphatic heterocycles. The zero-order valence-corrected chi connectivity index (χ0v) is 25.7. The normalized spacial score (nSPS) is 13.0. The summed E-state index contributed by atoms with van der Waals surface area (Å²) in [7, 11) is 0. The quantitative estimate of drug-likeness (QED) is 0.181. The van der Waals surface area contributed by atoms with Crippen molar-refractivity contribution in [2.45, 2.75) is 60.3 Å². The Morgan fingerprint density at radius 2 is 1.42 bits per heavy atom. The molecule has 0 spiro atoms. The van der Waals surface area contributed by atoms with Crippen LogP contribution in [0.15, 0.2) is 60.8 Å². The second-order valence-electron chi connectivity index (χ2n) is 12.3. The van der Waals surface area contributed by atoms with Crippen molar-refractivity contribution in [1.29, 1.82) is 0 Å². The standard InChI is InChI=1S/C33H33NSe2/c1-19-26(18-32(2,3)4)24-13-12-23-25-14-15-34-28(29(25)36-31(23)30(24)35-19)21-16-20-10-8-9-11-22(20)27(17-21)33(5,6)7/h8-17H,18H2,1-7H3. The first-order valence-corrected chi connectivity index (χ1v) is 16.2. The molecule has 0 aliphatic rings. The first kappa shape index (κ1) is 24.2. The molecule has 6 rings (SSSR count). The number of pyridine rings is 1. The number of aryl methyl sites for hydroxylation is 1. The van der Waals surface area contributed by atoms with Gasteiger partial charge in [-0.1, -0.05) is 0 Å². The number of aromatic nitrogens is 1. The van der Waals surface area contributed by atoms with Crippen molar-refractivity contribution in [3.8, 4) is 11.3 Å². The molecule has 0 radical (unpaired) electrons. The molecule has 0 saturated carbocycles. The van der Waals surface area contributed by atoms with Gasteiger partial charge in [0.05, 0.1) is 0 Å². The topological polar surface area (TPSA) is 12.9 Å². The van der Waals surface area contributed by atoms with Crippen LogP contribution in [0.2, 0.25) is 0 Å². The SMILES string of the molecule is Cc1[se]c2c(ccc3c4ccnc(-c5cc(C(C)(C)C)c6ccccc6c5)c4[se]c32)c1CC(C)(C)C. The summed E-state index contributed by atoms with van der Waals surface area (Å²) in [4.78, 5) is 5.02. The Kier molecular flexibility index (Phi) is 5.67. The molecule has 182 valence electrons. The number of benzene rings is 3. The monoisotopic (exact) mass is 603 g/mol. The molecular weight excluding hydrogens is 568 g/mol. The molecule has 6 aromatic rings. The Bertz CT molecular complexity index is 1780. The molecule has 3 heterocycles. The summed E-state index contributed by atoms with van der Waals surface area (Å²) in [6, 6.07) is 20.7. The van der Waals surface area contributed by atoms with Gasteiger partial charge in [0, 0.05) is 0 Å². The maximum atomic E-state index is 5.02. The van der Waals surface area contributed by atoms with Crippen molar-refractivity contribution in [3.63, 3.8) is 0 Å². The van der Waals surface area contributed by atoms with E-state index >= 15 is 0 Å². The summed E-state index contributed by atoms with van der Waals surface area (Å²) in [5.41, 5.74) is 5.81. The molecule has 0 bridgehead atoms. The number of fused-ring (bicyclic) bond motifs is 6. The molecule has 3 aromatic carbocycles. The van der Waals surface area contributed by atoms with Crippen LogP contribution >= 0.6 is 0 Å². The van der Waals surface area contributed by atoms with Gasteiger partial charge in [-0.15, -0.1) is 0 Å². The third-order valence-corrected chi connectivity index (χ3v) is 12.9. The van der Waals surface area contributed by atoms with Crippen LogP contribution in [0.4, 0.5) is 0 Å². The van der Waals surface area contributed by atoms with Crippen molar-refractivity contribution in [3.05, 3.63) is 76.4 Å². The van der Waals surface area contributed by atoms with E-state index in [1.54, 1.807) is 18.5 Å². The predicted octanol–water partition coefficient (Wildman–Crippen LogP) is 8.67. The summed E-state index contributed by atoms with van der Waals surface area (Å²) >= 11 is 0.702. The van der Waals surface area contributed by atoms with Gasteiger partial charge in [-0.2, -0.15) is 0 Å². The predicted molar refractivity (Wildman–Crippen MR) is 160 cm³/mol. The Morgan fingerprint density at radius 3 is 2.17 bits per heavy atom. The molecule has 0 aliphatic carbocycles. The summed E-state index contributed by atoms with van der Waals surface area (Å²) < 4.78 is 6.34. The minimum atomic E-state index is 0.0671. The van der Waals surface area contributed by atoms with Crippen molar-refractivity contribution < 1.29 is 0 Å². The second kappa shape index (κ2) is 8.44. The van der Waals surface area contributed by atoms with E-state index in [0.717, 1.165) is 6.42 Å². The van der Waals surface area contributed by atoms with Gasteiger partial charge >= 0.3 is 227 Å². The Morgan fingerprint density at radius 1 is 0.722 bits per heavy atom. The summed E-state index contributed by atoms with van der Waals surface area (Å²) in [5, 5.41) is 7.05. The fourth-order valence-corrected chi connectivity index (χ4v) is 11.4. The molecule has 36 heavy (non-hydrogen) atoms. The molecule has 0 amide bonds. The van der Waals surface area contributed by atoms with Crippen LogP contribution < -0.4 is 0 Å². The minimum absolute atomic E-state index is 0.0671. The summed E-state index contributed by atoms with van der Waals surface area (Å²) in [5.74, 6) is 0. The van der Waals surface area contributed by atoms with E-state index in [4.69, 9.17) is 4.98 Å². The third kappa shape index (κ3) is 4.02. The number of nitrogens with zero attached hydrogens (tertiary/aromatic N) is 1. The molecule has 0 atom stereocenters. The molecule has 1 nitrogen and oxygen atoms in total. The van der Waals surface area contributed by atoms with E-state index in [1.807, 2.05) is 6.20 Å². The van der Waals surface area contributed by atoms with Gasteiger partial charge in [0.2, 0.25) is 0 Å². The van der Waals surface area contributed by atoms with Gasteiger partial charge in [-0.25, -0.2) is 0 Å². The van der Waals surface area contributed by atoms with Crippen LogP contribution in [0, 0.1) is 12.3 Å². The Hall–Kier alpha value is -2.15. The first-order valence-electron chi connectivity index (χ1n) is 12.8. The molecule has 0 saturated heterocycles. The van der Waals surface area contributed by atoms with Gasteiger partial charge < -0.3 is 0 Å². The van der Waals surface area contributed by atoms with Crippen LogP contribution in [0.1, 0.15) is 57.1 Å². The first-order chi connectivity index (χ1) is 17.0. The fourth-order valence-electron chi connectivity index (χ4n) is 5.51. The van der Waals surface area contributed by atoms with E-state index in [1.165, 1.54) is 48.0 Å². The van der Waals surface area contributed by atoms with Crippen LogP contribution in [0.25, 0.3) is 51.0 Å². The number of hydrogen-bond acceptors (Lipinski definition) is 1. The van der Waals surface area contributed by atoms with E-state index in [-0.39, 0.29) is 19.9 Å². The average molecular weight is 602 g/mol.